The molecule has 0 unspecified atom stereocenters. The number of halogens is 1. The molecule has 0 aromatic carbocycles. The van der Waals surface area contributed by atoms with Gasteiger partial charge in [0.15, 0.2) is 5.01 Å². The van der Waals surface area contributed by atoms with Crippen molar-refractivity contribution < 1.29 is 4.79 Å². The lowest BCUT2D eigenvalue weighted by Crippen LogP contribution is -2.31. The van der Waals surface area contributed by atoms with Crippen LogP contribution >= 0.6 is 22.9 Å². The molecule has 3 aromatic rings. The van der Waals surface area contributed by atoms with Crippen LogP contribution in [0.25, 0.3) is 0 Å². The summed E-state index contributed by atoms with van der Waals surface area (Å²) in [6.07, 6.45) is 5.07. The monoisotopic (exact) mass is 401 g/mol. The van der Waals surface area contributed by atoms with Gasteiger partial charge in [0, 0.05) is 23.5 Å². The second-order valence-corrected chi connectivity index (χ2v) is 7.75. The van der Waals surface area contributed by atoms with E-state index in [1.807, 2.05) is 39.0 Å². The largest absolute Gasteiger partial charge is 0.343 e. The van der Waals surface area contributed by atoms with Gasteiger partial charge in [0.05, 0.1) is 22.9 Å². The summed E-state index contributed by atoms with van der Waals surface area (Å²) < 4.78 is 0. The van der Waals surface area contributed by atoms with Gasteiger partial charge in [0.25, 0.3) is 5.91 Å². The van der Waals surface area contributed by atoms with E-state index in [2.05, 4.69) is 25.6 Å². The molecular weight excluding hydrogens is 382 g/mol. The second kappa shape index (κ2) is 8.45. The fraction of sp³-hybridized carbons (Fsp3) is 0.263. The van der Waals surface area contributed by atoms with Gasteiger partial charge in [-0.2, -0.15) is 0 Å². The highest BCUT2D eigenvalue weighted by Gasteiger charge is 2.21. The number of thiazole rings is 1. The number of hydrogen-bond acceptors (Lipinski definition) is 6. The predicted octanol–water partition coefficient (Wildman–Crippen LogP) is 4.77. The summed E-state index contributed by atoms with van der Waals surface area (Å²) in [5, 5.41) is 8.86. The SMILES string of the molecule is Cc1ccc(Nc2ncc([C@@H](NC(=O)c3nccs3)C(C)C)cc2Cl)cn1. The highest BCUT2D eigenvalue weighted by molar-refractivity contribution is 7.11. The summed E-state index contributed by atoms with van der Waals surface area (Å²) in [4.78, 5) is 25.1. The van der Waals surface area contributed by atoms with Gasteiger partial charge in [-0.15, -0.1) is 11.3 Å². The van der Waals surface area contributed by atoms with Crippen LogP contribution in [-0.4, -0.2) is 20.9 Å². The summed E-state index contributed by atoms with van der Waals surface area (Å²) in [5.41, 5.74) is 2.58. The molecule has 3 rings (SSSR count). The molecule has 140 valence electrons. The Morgan fingerprint density at radius 3 is 2.59 bits per heavy atom. The first-order valence-corrected chi connectivity index (χ1v) is 9.75. The average Bonchev–Trinajstić information content (AvgIpc) is 3.17. The standard InChI is InChI=1S/C19H20ClN5OS/c1-11(2)16(25-18(26)19-21-6-7-27-19)13-8-15(20)17(23-9-13)24-14-5-4-12(3)22-10-14/h4-11,16H,1-3H3,(H,23,24)(H,25,26)/t16-/m0/s1. The molecule has 0 aliphatic carbocycles. The molecule has 1 atom stereocenters. The molecule has 0 radical (unpaired) electrons. The number of carbonyl (C=O) groups is 1. The number of anilines is 2. The minimum absolute atomic E-state index is 0.159. The van der Waals surface area contributed by atoms with Crippen LogP contribution in [0.15, 0.2) is 42.2 Å². The lowest BCUT2D eigenvalue weighted by molar-refractivity contribution is 0.0925. The maximum atomic E-state index is 12.4. The second-order valence-electron chi connectivity index (χ2n) is 6.44. The van der Waals surface area contributed by atoms with Gasteiger partial charge >= 0.3 is 0 Å². The molecule has 27 heavy (non-hydrogen) atoms. The number of pyridine rings is 2. The Morgan fingerprint density at radius 2 is 2.00 bits per heavy atom. The van der Waals surface area contributed by atoms with Crippen LogP contribution in [0, 0.1) is 12.8 Å². The molecule has 6 nitrogen and oxygen atoms in total. The Hall–Kier alpha value is -2.51. The van der Waals surface area contributed by atoms with Crippen LogP contribution in [0.3, 0.4) is 0 Å². The quantitative estimate of drug-likeness (QED) is 0.622. The fourth-order valence-corrected chi connectivity index (χ4v) is 3.33. The Morgan fingerprint density at radius 1 is 1.19 bits per heavy atom. The summed E-state index contributed by atoms with van der Waals surface area (Å²) >= 11 is 7.73. The first-order chi connectivity index (χ1) is 12.9. The zero-order chi connectivity index (χ0) is 19.4. The number of aromatic nitrogens is 3. The fourth-order valence-electron chi connectivity index (χ4n) is 2.57. The Bertz CT molecular complexity index is 912. The summed E-state index contributed by atoms with van der Waals surface area (Å²) in [6, 6.07) is 5.43. The molecular formula is C19H20ClN5OS. The molecule has 0 aliphatic heterocycles. The van der Waals surface area contributed by atoms with Gasteiger partial charge in [0.1, 0.15) is 5.82 Å². The maximum absolute atomic E-state index is 12.4. The lowest BCUT2D eigenvalue weighted by atomic mass is 9.97. The van der Waals surface area contributed by atoms with Crippen molar-refractivity contribution in [1.29, 1.82) is 0 Å². The van der Waals surface area contributed by atoms with Crippen molar-refractivity contribution in [3.8, 4) is 0 Å². The molecule has 2 N–H and O–H groups in total. The van der Waals surface area contributed by atoms with E-state index in [0.717, 1.165) is 16.9 Å². The minimum Gasteiger partial charge on any atom is -0.343 e. The van der Waals surface area contributed by atoms with Crippen molar-refractivity contribution in [2.75, 3.05) is 5.32 Å². The topological polar surface area (TPSA) is 79.8 Å². The van der Waals surface area contributed by atoms with E-state index in [0.29, 0.717) is 15.8 Å². The normalized spacial score (nSPS) is 12.0. The van der Waals surface area contributed by atoms with E-state index in [1.54, 1.807) is 24.0 Å². The molecule has 0 aliphatic rings. The van der Waals surface area contributed by atoms with Crippen LogP contribution in [0.5, 0.6) is 0 Å². The first-order valence-electron chi connectivity index (χ1n) is 8.49. The highest BCUT2D eigenvalue weighted by atomic mass is 35.5. The van der Waals surface area contributed by atoms with Crippen LogP contribution in [-0.2, 0) is 0 Å². The Labute approximate surface area is 167 Å². The Balaban J connectivity index is 1.79. The number of rotatable bonds is 6. The molecule has 0 spiro atoms. The van der Waals surface area contributed by atoms with Crippen LogP contribution < -0.4 is 10.6 Å². The van der Waals surface area contributed by atoms with Crippen molar-refractivity contribution in [1.82, 2.24) is 20.3 Å². The van der Waals surface area contributed by atoms with E-state index in [-0.39, 0.29) is 17.9 Å². The van der Waals surface area contributed by atoms with Gasteiger partial charge in [-0.05, 0) is 36.6 Å². The molecule has 8 heteroatoms. The van der Waals surface area contributed by atoms with E-state index >= 15 is 0 Å². The van der Waals surface area contributed by atoms with Crippen molar-refractivity contribution in [2.24, 2.45) is 5.92 Å². The molecule has 0 saturated carbocycles. The van der Waals surface area contributed by atoms with Crippen molar-refractivity contribution >= 4 is 40.4 Å². The number of nitrogens with zero attached hydrogens (tertiary/aromatic N) is 3. The molecule has 0 saturated heterocycles. The van der Waals surface area contributed by atoms with Crippen LogP contribution in [0.1, 0.15) is 40.9 Å². The molecule has 0 bridgehead atoms. The Kier molecular flexibility index (Phi) is 6.03. The number of amides is 1. The third kappa shape index (κ3) is 4.81. The average molecular weight is 402 g/mol. The number of hydrogen-bond donors (Lipinski definition) is 2. The summed E-state index contributed by atoms with van der Waals surface area (Å²) in [6.45, 7) is 5.99. The smallest absolute Gasteiger partial charge is 0.280 e. The van der Waals surface area contributed by atoms with Gasteiger partial charge in [0.2, 0.25) is 0 Å². The zero-order valence-corrected chi connectivity index (χ0v) is 16.8. The molecule has 0 fully saturated rings. The van der Waals surface area contributed by atoms with Crippen LogP contribution in [0.4, 0.5) is 11.5 Å². The van der Waals surface area contributed by atoms with Crippen LogP contribution in [0.2, 0.25) is 5.02 Å². The summed E-state index contributed by atoms with van der Waals surface area (Å²) in [7, 11) is 0. The molecule has 3 aromatic heterocycles. The van der Waals surface area contributed by atoms with Gasteiger partial charge in [-0.3, -0.25) is 9.78 Å². The maximum Gasteiger partial charge on any atom is 0.280 e. The predicted molar refractivity (Wildman–Crippen MR) is 109 cm³/mol. The van der Waals surface area contributed by atoms with Gasteiger partial charge in [-0.1, -0.05) is 25.4 Å². The number of aryl methyl sites for hydroxylation is 1. The third-order valence-electron chi connectivity index (χ3n) is 3.98. The van der Waals surface area contributed by atoms with Gasteiger partial charge in [-0.25, -0.2) is 9.97 Å². The zero-order valence-electron chi connectivity index (χ0n) is 15.2. The van der Waals surface area contributed by atoms with Crippen molar-refractivity contribution in [2.45, 2.75) is 26.8 Å². The minimum atomic E-state index is -0.221. The molecule has 3 heterocycles. The third-order valence-corrected chi connectivity index (χ3v) is 5.04. The van der Waals surface area contributed by atoms with Gasteiger partial charge < -0.3 is 10.6 Å². The lowest BCUT2D eigenvalue weighted by Gasteiger charge is -2.22. The van der Waals surface area contributed by atoms with E-state index in [1.165, 1.54) is 11.3 Å². The van der Waals surface area contributed by atoms with E-state index < -0.39 is 0 Å². The number of carbonyl (C=O) groups excluding carboxylic acids is 1. The van der Waals surface area contributed by atoms with Crippen molar-refractivity contribution in [3.05, 3.63) is 63.5 Å². The summed E-state index contributed by atoms with van der Waals surface area (Å²) in [5.74, 6) is 0.500. The van der Waals surface area contributed by atoms with E-state index in [4.69, 9.17) is 11.6 Å². The first kappa shape index (κ1) is 19.3. The highest BCUT2D eigenvalue weighted by Crippen LogP contribution is 2.29. The molecule has 1 amide bonds. The van der Waals surface area contributed by atoms with E-state index in [9.17, 15) is 4.79 Å². The van der Waals surface area contributed by atoms with Crippen molar-refractivity contribution in [3.63, 3.8) is 0 Å². The number of nitrogens with one attached hydrogen (secondary N) is 2.